The summed E-state index contributed by atoms with van der Waals surface area (Å²) in [4.78, 5) is 21.2. The normalized spacial score (nSPS) is 9.80. The molecular formula is C9H6Cl3NO2. The van der Waals surface area contributed by atoms with Gasteiger partial charge in [-0.3, -0.25) is 4.79 Å². The Labute approximate surface area is 101 Å². The van der Waals surface area contributed by atoms with Crippen LogP contribution >= 0.6 is 34.8 Å². The van der Waals surface area contributed by atoms with Crippen molar-refractivity contribution in [1.82, 2.24) is 0 Å². The highest BCUT2D eigenvalue weighted by Crippen LogP contribution is 2.32. The monoisotopic (exact) mass is 265 g/mol. The Hall–Kier alpha value is -0.770. The molecule has 1 rings (SSSR count). The number of benzene rings is 1. The zero-order chi connectivity index (χ0) is 11.4. The summed E-state index contributed by atoms with van der Waals surface area (Å²) in [5, 5.41) is 3.28. The van der Waals surface area contributed by atoms with E-state index in [1.165, 1.54) is 12.1 Å². The van der Waals surface area contributed by atoms with Crippen LogP contribution in [0, 0.1) is 0 Å². The number of aldehydes is 1. The van der Waals surface area contributed by atoms with E-state index in [1.807, 2.05) is 0 Å². The highest BCUT2D eigenvalue weighted by atomic mass is 35.5. The predicted molar refractivity (Wildman–Crippen MR) is 60.8 cm³/mol. The number of hydrogen-bond donors (Lipinski definition) is 1. The Morgan fingerprint density at radius 2 is 1.80 bits per heavy atom. The zero-order valence-electron chi connectivity index (χ0n) is 7.39. The van der Waals surface area contributed by atoms with Crippen molar-refractivity contribution in [3.05, 3.63) is 27.2 Å². The fourth-order valence-electron chi connectivity index (χ4n) is 0.895. The van der Waals surface area contributed by atoms with Crippen LogP contribution in [0.2, 0.25) is 15.1 Å². The van der Waals surface area contributed by atoms with Gasteiger partial charge >= 0.3 is 0 Å². The number of anilines is 1. The van der Waals surface area contributed by atoms with Crippen molar-refractivity contribution >= 4 is 52.7 Å². The molecule has 1 N–H and O–H groups in total. The van der Waals surface area contributed by atoms with Crippen molar-refractivity contribution in [3.8, 4) is 0 Å². The third kappa shape index (κ3) is 3.38. The van der Waals surface area contributed by atoms with E-state index in [0.717, 1.165) is 0 Å². The van der Waals surface area contributed by atoms with Gasteiger partial charge in [-0.1, -0.05) is 34.8 Å². The van der Waals surface area contributed by atoms with Crippen LogP contribution in [0.4, 0.5) is 5.69 Å². The molecule has 1 aromatic rings. The molecular weight excluding hydrogens is 260 g/mol. The third-order valence-electron chi connectivity index (χ3n) is 1.55. The molecule has 0 heterocycles. The molecule has 0 atom stereocenters. The summed E-state index contributed by atoms with van der Waals surface area (Å²) in [6.07, 6.45) is 0.275. The van der Waals surface area contributed by atoms with E-state index in [2.05, 4.69) is 5.32 Å². The Morgan fingerprint density at radius 3 is 2.40 bits per heavy atom. The highest BCUT2D eigenvalue weighted by Gasteiger charge is 2.08. The van der Waals surface area contributed by atoms with Crippen LogP contribution in [0.15, 0.2) is 12.1 Å². The van der Waals surface area contributed by atoms with Crippen LogP contribution in [0.1, 0.15) is 6.42 Å². The topological polar surface area (TPSA) is 46.2 Å². The van der Waals surface area contributed by atoms with Gasteiger partial charge in [-0.15, -0.1) is 0 Å². The second kappa shape index (κ2) is 5.35. The summed E-state index contributed by atoms with van der Waals surface area (Å²) >= 11 is 17.2. The molecule has 0 aromatic heterocycles. The molecule has 0 saturated carbocycles. The number of carbonyl (C=O) groups is 2. The molecule has 0 unspecified atom stereocenters. The molecule has 3 nitrogen and oxygen atoms in total. The lowest BCUT2D eigenvalue weighted by Gasteiger charge is -2.07. The average Bonchev–Trinajstić information content (AvgIpc) is 2.14. The van der Waals surface area contributed by atoms with Gasteiger partial charge in [-0.2, -0.15) is 0 Å². The van der Waals surface area contributed by atoms with E-state index < -0.39 is 5.91 Å². The van der Waals surface area contributed by atoms with Gasteiger partial charge in [0.15, 0.2) is 0 Å². The minimum atomic E-state index is -0.453. The lowest BCUT2D eigenvalue weighted by Crippen LogP contribution is -2.11. The van der Waals surface area contributed by atoms with Crippen molar-refractivity contribution < 1.29 is 9.59 Å². The maximum Gasteiger partial charge on any atom is 0.231 e. The standard InChI is InChI=1S/C9H6Cl3NO2/c10-5-3-7(12)8(4-6(5)11)13-9(15)1-2-14/h2-4H,1H2,(H,13,15). The summed E-state index contributed by atoms with van der Waals surface area (Å²) in [7, 11) is 0. The van der Waals surface area contributed by atoms with Gasteiger partial charge in [-0.25, -0.2) is 0 Å². The van der Waals surface area contributed by atoms with E-state index in [1.54, 1.807) is 0 Å². The van der Waals surface area contributed by atoms with Crippen LogP contribution in [0.3, 0.4) is 0 Å². The predicted octanol–water partition coefficient (Wildman–Crippen LogP) is 3.17. The first kappa shape index (κ1) is 12.3. The van der Waals surface area contributed by atoms with Gasteiger partial charge in [-0.05, 0) is 12.1 Å². The Morgan fingerprint density at radius 1 is 1.20 bits per heavy atom. The number of amides is 1. The van der Waals surface area contributed by atoms with Gasteiger partial charge in [0, 0.05) is 0 Å². The molecule has 6 heteroatoms. The van der Waals surface area contributed by atoms with Crippen LogP contribution in [0.5, 0.6) is 0 Å². The minimum Gasteiger partial charge on any atom is -0.324 e. The lowest BCUT2D eigenvalue weighted by molar-refractivity contribution is -0.119. The molecule has 0 radical (unpaired) electrons. The van der Waals surface area contributed by atoms with Crippen molar-refractivity contribution in [2.24, 2.45) is 0 Å². The second-order valence-corrected chi connectivity index (χ2v) is 3.89. The Balaban J connectivity index is 2.90. The minimum absolute atomic E-state index is 0.226. The molecule has 0 bridgehead atoms. The van der Waals surface area contributed by atoms with Crippen LogP contribution in [-0.2, 0) is 9.59 Å². The first-order valence-corrected chi connectivity index (χ1v) is 5.06. The fraction of sp³-hybridized carbons (Fsp3) is 0.111. The number of nitrogens with one attached hydrogen (secondary N) is 1. The third-order valence-corrected chi connectivity index (χ3v) is 2.59. The van der Waals surface area contributed by atoms with Gasteiger partial charge in [0.05, 0.1) is 27.2 Å². The molecule has 0 fully saturated rings. The molecule has 80 valence electrons. The molecule has 0 aliphatic rings. The first-order valence-electron chi connectivity index (χ1n) is 3.92. The summed E-state index contributed by atoms with van der Waals surface area (Å²) in [5.74, 6) is -0.453. The van der Waals surface area contributed by atoms with Crippen molar-refractivity contribution in [2.75, 3.05) is 5.32 Å². The summed E-state index contributed by atoms with van der Waals surface area (Å²) in [6, 6.07) is 2.84. The molecule has 0 saturated heterocycles. The average molecular weight is 267 g/mol. The second-order valence-electron chi connectivity index (χ2n) is 2.67. The molecule has 1 amide bonds. The van der Waals surface area contributed by atoms with Crippen molar-refractivity contribution in [2.45, 2.75) is 6.42 Å². The lowest BCUT2D eigenvalue weighted by atomic mass is 10.3. The van der Waals surface area contributed by atoms with Gasteiger partial charge in [0.1, 0.15) is 6.29 Å². The number of carbonyl (C=O) groups excluding carboxylic acids is 2. The van der Waals surface area contributed by atoms with Crippen molar-refractivity contribution in [3.63, 3.8) is 0 Å². The SMILES string of the molecule is O=CCC(=O)Nc1cc(Cl)c(Cl)cc1Cl. The van der Waals surface area contributed by atoms with Crippen molar-refractivity contribution in [1.29, 1.82) is 0 Å². The van der Waals surface area contributed by atoms with Gasteiger partial charge in [0.25, 0.3) is 0 Å². The smallest absolute Gasteiger partial charge is 0.231 e. The Kier molecular flexibility index (Phi) is 4.39. The Bertz CT molecular complexity index is 407. The van der Waals surface area contributed by atoms with E-state index in [9.17, 15) is 9.59 Å². The van der Waals surface area contributed by atoms with Crippen LogP contribution in [0.25, 0.3) is 0 Å². The summed E-state index contributed by atoms with van der Waals surface area (Å²) in [5.41, 5.74) is 0.331. The van der Waals surface area contributed by atoms with Gasteiger partial charge < -0.3 is 10.1 Å². The van der Waals surface area contributed by atoms with E-state index in [0.29, 0.717) is 17.0 Å². The van der Waals surface area contributed by atoms with Crippen LogP contribution in [-0.4, -0.2) is 12.2 Å². The number of rotatable bonds is 3. The fourth-order valence-corrected chi connectivity index (χ4v) is 1.49. The van der Waals surface area contributed by atoms with Gasteiger partial charge in [0.2, 0.25) is 5.91 Å². The maximum absolute atomic E-state index is 11.1. The molecule has 0 aliphatic carbocycles. The molecule has 0 spiro atoms. The number of halogens is 3. The summed E-state index contributed by atoms with van der Waals surface area (Å²) in [6.45, 7) is 0. The summed E-state index contributed by atoms with van der Waals surface area (Å²) < 4.78 is 0. The largest absolute Gasteiger partial charge is 0.324 e. The molecule has 0 aliphatic heterocycles. The number of hydrogen-bond acceptors (Lipinski definition) is 2. The highest BCUT2D eigenvalue weighted by molar-refractivity contribution is 6.44. The van der Waals surface area contributed by atoms with Crippen LogP contribution < -0.4 is 5.32 Å². The van der Waals surface area contributed by atoms with E-state index in [-0.39, 0.29) is 16.5 Å². The van der Waals surface area contributed by atoms with E-state index >= 15 is 0 Å². The molecule has 15 heavy (non-hydrogen) atoms. The zero-order valence-corrected chi connectivity index (χ0v) is 9.66. The maximum atomic E-state index is 11.1. The van der Waals surface area contributed by atoms with E-state index in [4.69, 9.17) is 34.8 Å². The quantitative estimate of drug-likeness (QED) is 0.519. The first-order chi connectivity index (χ1) is 7.04. The molecule has 1 aromatic carbocycles.